The number of nitrogens with zero attached hydrogens (tertiary/aromatic N) is 2. The number of rotatable bonds is 9. The molecule has 9 heteroatoms. The highest BCUT2D eigenvalue weighted by Gasteiger charge is 2.15. The van der Waals surface area contributed by atoms with Gasteiger partial charge in [0.2, 0.25) is 11.8 Å². The van der Waals surface area contributed by atoms with E-state index >= 15 is 0 Å². The number of carbonyl (C=O) groups excluding carboxylic acids is 2. The summed E-state index contributed by atoms with van der Waals surface area (Å²) in [6.45, 7) is 2.07. The molecule has 0 unspecified atom stereocenters. The van der Waals surface area contributed by atoms with Gasteiger partial charge in [0.1, 0.15) is 6.54 Å². The Morgan fingerprint density at radius 3 is 2.48 bits per heavy atom. The molecule has 1 heterocycles. The molecule has 2 amide bonds. The van der Waals surface area contributed by atoms with Crippen LogP contribution in [0.5, 0.6) is 0 Å². The third kappa shape index (κ3) is 6.85. The molecule has 0 atom stereocenters. The van der Waals surface area contributed by atoms with Crippen LogP contribution in [-0.4, -0.2) is 32.2 Å². The number of anilines is 1. The molecule has 0 aliphatic carbocycles. The molecule has 1 aromatic heterocycles. The summed E-state index contributed by atoms with van der Waals surface area (Å²) >= 11 is 7.08. The number of imidazole rings is 1. The quantitative estimate of drug-likeness (QED) is 0.427. The Morgan fingerprint density at radius 1 is 1.10 bits per heavy atom. The average Bonchev–Trinajstić information content (AvgIpc) is 3.15. The number of carbonyl (C=O) groups is 2. The van der Waals surface area contributed by atoms with Gasteiger partial charge in [0.15, 0.2) is 5.16 Å². The standard InChI is InChI=1S/C22H23ClN4O3S/c1-15-2-8-18(9-3-15)26-21(30)14-31-22-25-11-19(13-28)27(22)12-20(29)24-10-16-4-6-17(23)7-5-16/h2-9,11,28H,10,12-14H2,1H3,(H,24,29)(H,26,30). The van der Waals surface area contributed by atoms with E-state index in [-0.39, 0.29) is 30.7 Å². The number of aromatic nitrogens is 2. The molecule has 3 N–H and O–H groups in total. The number of nitrogens with one attached hydrogen (secondary N) is 2. The first-order valence-corrected chi connectivity index (χ1v) is 11.0. The molecular formula is C22H23ClN4O3S. The number of hydrogen-bond acceptors (Lipinski definition) is 5. The molecule has 0 aliphatic heterocycles. The summed E-state index contributed by atoms with van der Waals surface area (Å²) in [7, 11) is 0. The first-order chi connectivity index (χ1) is 14.9. The number of aryl methyl sites for hydroxylation is 1. The minimum absolute atomic E-state index is 0.00853. The number of thioether (sulfide) groups is 1. The Bertz CT molecular complexity index is 1040. The lowest BCUT2D eigenvalue weighted by Gasteiger charge is -2.11. The second kappa shape index (κ2) is 11.0. The maximum Gasteiger partial charge on any atom is 0.240 e. The van der Waals surface area contributed by atoms with Gasteiger partial charge >= 0.3 is 0 Å². The van der Waals surface area contributed by atoms with Crippen molar-refractivity contribution in [2.75, 3.05) is 11.1 Å². The van der Waals surface area contributed by atoms with E-state index in [9.17, 15) is 14.7 Å². The molecule has 0 fully saturated rings. The largest absolute Gasteiger partial charge is 0.390 e. The van der Waals surface area contributed by atoms with Gasteiger partial charge in [0, 0.05) is 17.3 Å². The summed E-state index contributed by atoms with van der Waals surface area (Å²) < 4.78 is 1.61. The van der Waals surface area contributed by atoms with E-state index in [1.807, 2.05) is 43.3 Å². The van der Waals surface area contributed by atoms with Gasteiger partial charge in [0.25, 0.3) is 0 Å². The van der Waals surface area contributed by atoms with Crippen LogP contribution in [0.15, 0.2) is 59.9 Å². The number of amides is 2. The second-order valence-electron chi connectivity index (χ2n) is 6.88. The minimum atomic E-state index is -0.256. The van der Waals surface area contributed by atoms with E-state index < -0.39 is 0 Å². The van der Waals surface area contributed by atoms with Crippen LogP contribution in [0.4, 0.5) is 5.69 Å². The zero-order valence-electron chi connectivity index (χ0n) is 17.0. The average molecular weight is 459 g/mol. The molecule has 0 saturated carbocycles. The lowest BCUT2D eigenvalue weighted by atomic mass is 10.2. The van der Waals surface area contributed by atoms with E-state index in [1.165, 1.54) is 18.0 Å². The topological polar surface area (TPSA) is 96.2 Å². The number of benzene rings is 2. The van der Waals surface area contributed by atoms with Crippen LogP contribution in [0.2, 0.25) is 5.02 Å². The van der Waals surface area contributed by atoms with Crippen LogP contribution in [0, 0.1) is 6.92 Å². The molecule has 0 saturated heterocycles. The van der Waals surface area contributed by atoms with Crippen molar-refractivity contribution in [1.29, 1.82) is 0 Å². The van der Waals surface area contributed by atoms with Crippen molar-refractivity contribution in [3.63, 3.8) is 0 Å². The maximum atomic E-state index is 12.4. The van der Waals surface area contributed by atoms with Crippen molar-refractivity contribution in [1.82, 2.24) is 14.9 Å². The van der Waals surface area contributed by atoms with E-state index in [0.29, 0.717) is 22.4 Å². The van der Waals surface area contributed by atoms with Crippen LogP contribution < -0.4 is 10.6 Å². The van der Waals surface area contributed by atoms with Crippen LogP contribution >= 0.6 is 23.4 Å². The van der Waals surface area contributed by atoms with Gasteiger partial charge in [-0.25, -0.2) is 4.98 Å². The number of hydrogen-bond donors (Lipinski definition) is 3. The lowest BCUT2D eigenvalue weighted by Crippen LogP contribution is -2.28. The monoisotopic (exact) mass is 458 g/mol. The summed E-state index contributed by atoms with van der Waals surface area (Å²) in [4.78, 5) is 28.9. The number of halogens is 1. The van der Waals surface area contributed by atoms with E-state index in [2.05, 4.69) is 15.6 Å². The summed E-state index contributed by atoms with van der Waals surface area (Å²) in [6.07, 6.45) is 1.51. The Kier molecular flexibility index (Phi) is 8.11. The molecule has 0 spiro atoms. The fourth-order valence-corrected chi connectivity index (χ4v) is 3.69. The van der Waals surface area contributed by atoms with Gasteiger partial charge in [-0.3, -0.25) is 9.59 Å². The molecule has 162 valence electrons. The van der Waals surface area contributed by atoms with E-state index in [0.717, 1.165) is 16.8 Å². The first kappa shape index (κ1) is 22.9. The second-order valence-corrected chi connectivity index (χ2v) is 8.26. The molecule has 7 nitrogen and oxygen atoms in total. The smallest absolute Gasteiger partial charge is 0.240 e. The molecular weight excluding hydrogens is 436 g/mol. The minimum Gasteiger partial charge on any atom is -0.390 e. The maximum absolute atomic E-state index is 12.4. The van der Waals surface area contributed by atoms with Crippen LogP contribution in [0.25, 0.3) is 0 Å². The molecule has 31 heavy (non-hydrogen) atoms. The number of aliphatic hydroxyl groups excluding tert-OH is 1. The highest BCUT2D eigenvalue weighted by molar-refractivity contribution is 7.99. The molecule has 3 rings (SSSR count). The highest BCUT2D eigenvalue weighted by atomic mass is 35.5. The van der Waals surface area contributed by atoms with Gasteiger partial charge in [0.05, 0.1) is 24.3 Å². The Balaban J connectivity index is 1.56. The van der Waals surface area contributed by atoms with Crippen molar-refractivity contribution >= 4 is 40.9 Å². The number of aliphatic hydroxyl groups is 1. The third-order valence-electron chi connectivity index (χ3n) is 4.44. The van der Waals surface area contributed by atoms with Crippen LogP contribution in [0.3, 0.4) is 0 Å². The van der Waals surface area contributed by atoms with Crippen molar-refractivity contribution < 1.29 is 14.7 Å². The Hall–Kier alpha value is -2.81. The van der Waals surface area contributed by atoms with Gasteiger partial charge in [-0.05, 0) is 36.8 Å². The van der Waals surface area contributed by atoms with Gasteiger partial charge < -0.3 is 20.3 Å². The molecule has 0 bridgehead atoms. The van der Waals surface area contributed by atoms with Gasteiger partial charge in [-0.15, -0.1) is 0 Å². The fourth-order valence-electron chi connectivity index (χ4n) is 2.77. The zero-order valence-corrected chi connectivity index (χ0v) is 18.5. The van der Waals surface area contributed by atoms with Crippen LogP contribution in [-0.2, 0) is 29.3 Å². The summed E-state index contributed by atoms with van der Waals surface area (Å²) in [5, 5.41) is 16.4. The third-order valence-corrected chi connectivity index (χ3v) is 5.68. The predicted molar refractivity (Wildman–Crippen MR) is 122 cm³/mol. The van der Waals surface area contributed by atoms with Gasteiger partial charge in [-0.1, -0.05) is 53.2 Å². The van der Waals surface area contributed by atoms with E-state index in [1.54, 1.807) is 16.7 Å². The first-order valence-electron chi connectivity index (χ1n) is 9.60. The SMILES string of the molecule is Cc1ccc(NC(=O)CSc2ncc(CO)n2CC(=O)NCc2ccc(Cl)cc2)cc1. The van der Waals surface area contributed by atoms with Crippen molar-refractivity contribution in [3.05, 3.63) is 76.6 Å². The summed E-state index contributed by atoms with van der Waals surface area (Å²) in [5.74, 6) is -0.281. The molecule has 0 aliphatic rings. The lowest BCUT2D eigenvalue weighted by molar-refractivity contribution is -0.122. The fraction of sp³-hybridized carbons (Fsp3) is 0.227. The Labute approximate surface area is 189 Å². The predicted octanol–water partition coefficient (Wildman–Crippen LogP) is 3.38. The molecule has 0 radical (unpaired) electrons. The molecule has 2 aromatic carbocycles. The van der Waals surface area contributed by atoms with Crippen molar-refractivity contribution in [2.45, 2.75) is 31.8 Å². The molecule has 3 aromatic rings. The van der Waals surface area contributed by atoms with Gasteiger partial charge in [-0.2, -0.15) is 0 Å². The van der Waals surface area contributed by atoms with Crippen molar-refractivity contribution in [3.8, 4) is 0 Å². The van der Waals surface area contributed by atoms with Crippen molar-refractivity contribution in [2.24, 2.45) is 0 Å². The van der Waals surface area contributed by atoms with Crippen LogP contribution in [0.1, 0.15) is 16.8 Å². The highest BCUT2D eigenvalue weighted by Crippen LogP contribution is 2.19. The summed E-state index contributed by atoms with van der Waals surface area (Å²) in [6, 6.07) is 14.7. The Morgan fingerprint density at radius 2 is 1.81 bits per heavy atom. The van der Waals surface area contributed by atoms with E-state index in [4.69, 9.17) is 11.6 Å². The summed E-state index contributed by atoms with van der Waals surface area (Å²) in [5.41, 5.74) is 3.26. The zero-order chi connectivity index (χ0) is 22.2. The normalized spacial score (nSPS) is 10.7.